The monoisotopic (exact) mass is 1310 g/mol. The van der Waals surface area contributed by atoms with Crippen LogP contribution in [0.15, 0.2) is 83.6 Å². The molecule has 6 heterocycles. The average molecular weight is 1320 g/mol. The van der Waals surface area contributed by atoms with Gasteiger partial charge < -0.3 is 49.2 Å². The second-order valence-corrected chi connectivity index (χ2v) is 27.9. The number of methoxy groups -OCH3 is 1. The fraction of sp³-hybridized carbons (Fsp3) is 0.507. The largest absolute Gasteiger partial charge is 0.478 e. The average Bonchev–Trinajstić information content (AvgIpc) is 1.76. The molecule has 3 N–H and O–H groups in total. The van der Waals surface area contributed by atoms with Gasteiger partial charge in [0.15, 0.2) is 0 Å². The molecule has 22 nitrogen and oxygen atoms in total. The highest BCUT2D eigenvalue weighted by molar-refractivity contribution is 7.10. The Balaban J connectivity index is 0.000000219. The minimum absolute atomic E-state index is 0.105. The summed E-state index contributed by atoms with van der Waals surface area (Å²) in [5.41, 5.74) is 2.51. The number of fused-ring (bicyclic) bond motifs is 2. The lowest BCUT2D eigenvalue weighted by Gasteiger charge is -2.36. The first-order valence-corrected chi connectivity index (χ1v) is 33.6. The highest BCUT2D eigenvalue weighted by Gasteiger charge is 2.43. The second-order valence-electron chi connectivity index (χ2n) is 26.1. The summed E-state index contributed by atoms with van der Waals surface area (Å²) < 4.78 is 27.0. The van der Waals surface area contributed by atoms with Crippen molar-refractivity contribution in [1.82, 2.24) is 40.2 Å². The number of carboxylic acid groups (broad SMARTS) is 1. The molecular weight excluding hydrogens is 1230 g/mol. The number of carboxylic acids is 1. The number of hydrogen-bond acceptors (Lipinski definition) is 17. The van der Waals surface area contributed by atoms with Crippen molar-refractivity contribution in [3.8, 4) is 22.5 Å². The van der Waals surface area contributed by atoms with Gasteiger partial charge in [0.1, 0.15) is 45.4 Å². The maximum atomic E-state index is 14.4. The lowest BCUT2D eigenvalue weighted by molar-refractivity contribution is -0.141. The van der Waals surface area contributed by atoms with Crippen molar-refractivity contribution in [2.24, 2.45) is 11.8 Å². The number of aromatic carboxylic acids is 1. The summed E-state index contributed by atoms with van der Waals surface area (Å²) in [6, 6.07) is 18.3. The number of amides is 6. The SMILES string of the molecule is COC(=O)c1ccc(-c2csc([C@@H]3CCCN3C(=O)[C@@H](NC(=O)[C@H](C)N(C)C(=O)OC(C)(C)C)C3CCOCC3)n2)c2ccccc12.C[C@@H](C(=O)N[C@H](C(=O)N1CCC[C@H]1c1nc(-c2ccc(C(=O)O)c3ccccc23)cs1)C1CCOCC1)N(C)C(=O)OC(C)(C)C. The number of carbonyl (C=O) groups excluding carboxylic acids is 7. The summed E-state index contributed by atoms with van der Waals surface area (Å²) in [7, 11) is 4.40. The molecule has 4 fully saturated rings. The molecule has 6 amide bonds. The number of rotatable bonds is 16. The fourth-order valence-electron chi connectivity index (χ4n) is 12.3. The van der Waals surface area contributed by atoms with Crippen LogP contribution in [0, 0.1) is 11.8 Å². The van der Waals surface area contributed by atoms with Gasteiger partial charge in [-0.25, -0.2) is 29.1 Å². The van der Waals surface area contributed by atoms with Crippen molar-refractivity contribution in [2.75, 3.05) is 60.7 Å². The van der Waals surface area contributed by atoms with E-state index in [1.807, 2.05) is 69.1 Å². The first-order chi connectivity index (χ1) is 44.2. The van der Waals surface area contributed by atoms with E-state index in [0.29, 0.717) is 76.2 Å². The molecule has 0 saturated carbocycles. The second kappa shape index (κ2) is 29.9. The maximum absolute atomic E-state index is 14.4. The summed E-state index contributed by atoms with van der Waals surface area (Å²) >= 11 is 2.97. The molecule has 4 aliphatic rings. The van der Waals surface area contributed by atoms with Crippen LogP contribution < -0.4 is 10.6 Å². The van der Waals surface area contributed by atoms with Crippen molar-refractivity contribution < 1.29 is 67.1 Å². The van der Waals surface area contributed by atoms with Crippen LogP contribution in [0.5, 0.6) is 0 Å². The topological polar surface area (TPSA) is 266 Å². The van der Waals surface area contributed by atoms with E-state index in [-0.39, 0.29) is 41.3 Å². The fourth-order valence-corrected chi connectivity index (χ4v) is 14.3. The highest BCUT2D eigenvalue weighted by Crippen LogP contribution is 2.41. The van der Waals surface area contributed by atoms with Crippen LogP contribution in [0.3, 0.4) is 0 Å². The van der Waals surface area contributed by atoms with Crippen molar-refractivity contribution in [3.63, 3.8) is 0 Å². The van der Waals surface area contributed by atoms with Crippen LogP contribution in [0.1, 0.15) is 150 Å². The van der Waals surface area contributed by atoms with Gasteiger partial charge in [-0.15, -0.1) is 22.7 Å². The number of likely N-dealkylation sites (tertiary alicyclic amines) is 2. The van der Waals surface area contributed by atoms with E-state index in [4.69, 9.17) is 33.7 Å². The van der Waals surface area contributed by atoms with Gasteiger partial charge in [-0.05, 0) is 152 Å². The highest BCUT2D eigenvalue weighted by atomic mass is 32.1. The molecule has 2 aromatic heterocycles. The van der Waals surface area contributed by atoms with Gasteiger partial charge in [-0.3, -0.25) is 29.0 Å². The summed E-state index contributed by atoms with van der Waals surface area (Å²) in [4.78, 5) is 121. The number of esters is 1. The third-order valence-corrected chi connectivity index (χ3v) is 19.5. The third kappa shape index (κ3) is 16.3. The number of carbonyl (C=O) groups is 8. The minimum Gasteiger partial charge on any atom is -0.478 e. The zero-order valence-electron chi connectivity index (χ0n) is 54.9. The van der Waals surface area contributed by atoms with Gasteiger partial charge in [-0.2, -0.15) is 0 Å². The molecule has 6 aromatic rings. The molecule has 4 aromatic carbocycles. The summed E-state index contributed by atoms with van der Waals surface area (Å²) in [5, 5.41) is 24.4. The Hall–Kier alpha value is -8.06. The predicted octanol–water partition coefficient (Wildman–Crippen LogP) is 11.1. The molecule has 10 rings (SSSR count). The number of nitrogens with zero attached hydrogens (tertiary/aromatic N) is 6. The van der Waals surface area contributed by atoms with Gasteiger partial charge in [0.2, 0.25) is 23.6 Å². The molecule has 498 valence electrons. The number of likely N-dealkylation sites (N-methyl/N-ethyl adjacent to an activating group) is 2. The van der Waals surface area contributed by atoms with Gasteiger partial charge in [0.05, 0.1) is 41.7 Å². The molecule has 0 aliphatic carbocycles. The number of ether oxygens (including phenoxy) is 5. The molecule has 0 bridgehead atoms. The Bertz CT molecular complexity index is 3710. The first kappa shape index (κ1) is 69.3. The Kier molecular flexibility index (Phi) is 22.3. The summed E-state index contributed by atoms with van der Waals surface area (Å²) in [6.45, 7) is 17.0. The van der Waals surface area contributed by atoms with Crippen molar-refractivity contribution in [3.05, 3.63) is 105 Å². The molecule has 0 radical (unpaired) electrons. The molecule has 24 heteroatoms. The lowest BCUT2D eigenvalue weighted by Crippen LogP contribution is -2.57. The van der Waals surface area contributed by atoms with Crippen LogP contribution in [-0.2, 0) is 42.9 Å². The van der Waals surface area contributed by atoms with Gasteiger partial charge in [0.25, 0.3) is 0 Å². The minimum atomic E-state index is -0.987. The van der Waals surface area contributed by atoms with E-state index < -0.39 is 71.3 Å². The Labute approximate surface area is 550 Å². The zero-order chi connectivity index (χ0) is 67.1. The summed E-state index contributed by atoms with van der Waals surface area (Å²) in [6.07, 6.45) is 4.43. The van der Waals surface area contributed by atoms with Crippen LogP contribution in [0.4, 0.5) is 9.59 Å². The Morgan fingerprint density at radius 2 is 0.946 bits per heavy atom. The van der Waals surface area contributed by atoms with E-state index in [9.17, 15) is 43.5 Å². The number of nitrogens with one attached hydrogen (secondary N) is 2. The number of benzene rings is 4. The molecule has 4 aliphatic heterocycles. The predicted molar refractivity (Wildman–Crippen MR) is 354 cm³/mol. The van der Waals surface area contributed by atoms with Gasteiger partial charge in [-0.1, -0.05) is 60.7 Å². The lowest BCUT2D eigenvalue weighted by atomic mass is 9.90. The van der Waals surface area contributed by atoms with E-state index >= 15 is 0 Å². The van der Waals surface area contributed by atoms with E-state index in [0.717, 1.165) is 74.4 Å². The van der Waals surface area contributed by atoms with E-state index in [1.54, 1.807) is 79.7 Å². The normalized spacial score (nSPS) is 18.5. The third-order valence-electron chi connectivity index (χ3n) is 17.6. The van der Waals surface area contributed by atoms with Crippen LogP contribution in [-0.4, -0.2) is 179 Å². The van der Waals surface area contributed by atoms with Gasteiger partial charge >= 0.3 is 24.1 Å². The molecule has 6 atom stereocenters. The maximum Gasteiger partial charge on any atom is 0.410 e. The van der Waals surface area contributed by atoms with Gasteiger partial charge in [0, 0.05) is 75.5 Å². The zero-order valence-corrected chi connectivity index (χ0v) is 56.5. The van der Waals surface area contributed by atoms with Crippen LogP contribution in [0.2, 0.25) is 0 Å². The molecule has 93 heavy (non-hydrogen) atoms. The number of thiazole rings is 2. The number of hydrogen-bond donors (Lipinski definition) is 3. The smallest absolute Gasteiger partial charge is 0.410 e. The standard InChI is InChI=1S/C35H44N4O7S.C34H42N4O7S/c1-21(38(5)34(43)46-35(2,3)4)30(40)37-29(22-15-18-45-19-16-22)32(41)39-17-9-12-28(39)31-36-27(20-47-31)25-13-14-26(33(42)44-6)24-11-8-7-10-23(24)25;1-20(37(5)33(43)45-34(2,3)4)29(39)36-28(21-14-17-44-18-15-21)31(40)38-16-8-11-27(38)30-35-26(19-46-30)24-12-13-25(32(41)42)23-10-7-6-9-22(23)24/h7-8,10-11,13-14,20-22,28-29H,9,12,15-19H2,1-6H3,(H,37,40);6-7,9-10,12-13,19-21,27-28H,8,11,14-18H2,1-5H3,(H,36,39)(H,41,42)/t21-,28-,29-;20-,27-,28-/m00/s1. The quantitative estimate of drug-likeness (QED) is 0.0600. The van der Waals surface area contributed by atoms with E-state index in [2.05, 4.69) is 10.6 Å². The molecule has 0 unspecified atom stereocenters. The summed E-state index contributed by atoms with van der Waals surface area (Å²) in [5.74, 6) is -2.77. The van der Waals surface area contributed by atoms with Crippen molar-refractivity contribution in [2.45, 2.75) is 154 Å². The molecular formula is C69H86N8O14S2. The Morgan fingerprint density at radius 3 is 1.32 bits per heavy atom. The van der Waals surface area contributed by atoms with Crippen LogP contribution in [0.25, 0.3) is 44.1 Å². The van der Waals surface area contributed by atoms with Crippen molar-refractivity contribution in [1.29, 1.82) is 0 Å². The molecule has 0 spiro atoms. The first-order valence-electron chi connectivity index (χ1n) is 31.8. The molecule has 4 saturated heterocycles. The van der Waals surface area contributed by atoms with Crippen molar-refractivity contribution >= 4 is 92.0 Å². The van der Waals surface area contributed by atoms with E-state index in [1.165, 1.54) is 53.7 Å². The number of aromatic nitrogens is 2. The van der Waals surface area contributed by atoms with Crippen LogP contribution >= 0.6 is 22.7 Å². The Morgan fingerprint density at radius 1 is 0.570 bits per heavy atom.